The van der Waals surface area contributed by atoms with E-state index < -0.39 is 0 Å². The average Bonchev–Trinajstić information content (AvgIpc) is 2.68. The Morgan fingerprint density at radius 2 is 1.95 bits per heavy atom. The molecule has 0 unspecified atom stereocenters. The topological polar surface area (TPSA) is 22.0 Å². The van der Waals surface area contributed by atoms with E-state index in [-0.39, 0.29) is 11.2 Å². The van der Waals surface area contributed by atoms with E-state index in [1.54, 1.807) is 0 Å². The lowest BCUT2D eigenvalue weighted by atomic mass is 9.76. The van der Waals surface area contributed by atoms with Gasteiger partial charge in [-0.15, -0.1) is 0 Å². The molecule has 0 saturated heterocycles. The molecule has 2 nitrogen and oxygen atoms in total. The summed E-state index contributed by atoms with van der Waals surface area (Å²) >= 11 is 9.75. The number of fused-ring (bicyclic) bond motifs is 1. The number of aromatic nitrogens is 1. The van der Waals surface area contributed by atoms with E-state index in [0.717, 1.165) is 33.5 Å². The fourth-order valence-electron chi connectivity index (χ4n) is 3.14. The first kappa shape index (κ1) is 14.9. The normalized spacial score (nSPS) is 16.9. The first-order valence-electron chi connectivity index (χ1n) is 6.98. The summed E-state index contributed by atoms with van der Waals surface area (Å²) in [5.74, 6) is 0.237. The first-order valence-corrected chi connectivity index (χ1v) is 8.15. The van der Waals surface area contributed by atoms with Crippen LogP contribution in [0.25, 0.3) is 5.69 Å². The number of carbonyl (C=O) groups is 1. The van der Waals surface area contributed by atoms with E-state index in [9.17, 15) is 4.79 Å². The highest BCUT2D eigenvalue weighted by molar-refractivity contribution is 9.10. The summed E-state index contributed by atoms with van der Waals surface area (Å²) in [7, 11) is 0. The largest absolute Gasteiger partial charge is 0.316 e. The molecule has 1 aromatic carbocycles. The van der Waals surface area contributed by atoms with Crippen molar-refractivity contribution in [3.05, 3.63) is 50.7 Å². The second kappa shape index (κ2) is 4.99. The average molecular weight is 367 g/mol. The number of halogens is 2. The number of Topliss-reactive ketones (excluding diaryl/α,β-unsaturated/α-hetero) is 1. The third-order valence-corrected chi connectivity index (χ3v) is 4.93. The molecule has 0 atom stereocenters. The van der Waals surface area contributed by atoms with Gasteiger partial charge < -0.3 is 4.57 Å². The Hall–Kier alpha value is -1.06. The van der Waals surface area contributed by atoms with Crippen molar-refractivity contribution < 1.29 is 4.79 Å². The molecular formula is C17H17BrClNO. The van der Waals surface area contributed by atoms with Crippen LogP contribution in [-0.2, 0) is 6.42 Å². The molecule has 0 aliphatic heterocycles. The van der Waals surface area contributed by atoms with Gasteiger partial charge in [0.1, 0.15) is 0 Å². The Morgan fingerprint density at radius 3 is 2.67 bits per heavy atom. The molecule has 0 amide bonds. The van der Waals surface area contributed by atoms with Gasteiger partial charge in [-0.3, -0.25) is 4.79 Å². The first-order chi connectivity index (χ1) is 9.78. The molecule has 1 aliphatic carbocycles. The number of hydrogen-bond acceptors (Lipinski definition) is 1. The van der Waals surface area contributed by atoms with Gasteiger partial charge in [0.25, 0.3) is 0 Å². The quantitative estimate of drug-likeness (QED) is 0.666. The SMILES string of the molecule is Cc1cc2c(n1-c1cc(Cl)ccc1Br)CC(C)(C)CC2=O. The summed E-state index contributed by atoms with van der Waals surface area (Å²) in [5, 5.41) is 0.691. The molecule has 1 heterocycles. The maximum absolute atomic E-state index is 12.4. The lowest BCUT2D eigenvalue weighted by Gasteiger charge is -2.30. The smallest absolute Gasteiger partial charge is 0.165 e. The molecule has 0 radical (unpaired) electrons. The number of ketones is 1. The van der Waals surface area contributed by atoms with Gasteiger partial charge in [-0.25, -0.2) is 0 Å². The highest BCUT2D eigenvalue weighted by Gasteiger charge is 2.34. The van der Waals surface area contributed by atoms with Crippen LogP contribution in [0.4, 0.5) is 0 Å². The monoisotopic (exact) mass is 365 g/mol. The van der Waals surface area contributed by atoms with Gasteiger partial charge in [0, 0.05) is 32.9 Å². The molecule has 4 heteroatoms. The van der Waals surface area contributed by atoms with E-state index >= 15 is 0 Å². The van der Waals surface area contributed by atoms with Crippen molar-refractivity contribution in [1.29, 1.82) is 0 Å². The molecule has 0 saturated carbocycles. The van der Waals surface area contributed by atoms with Crippen molar-refractivity contribution in [3.63, 3.8) is 0 Å². The molecule has 1 aliphatic rings. The fourth-order valence-corrected chi connectivity index (χ4v) is 3.73. The lowest BCUT2D eigenvalue weighted by Crippen LogP contribution is -2.27. The minimum absolute atomic E-state index is 0.00230. The predicted molar refractivity (Wildman–Crippen MR) is 89.6 cm³/mol. The minimum Gasteiger partial charge on any atom is -0.316 e. The van der Waals surface area contributed by atoms with Crippen LogP contribution in [0, 0.1) is 12.3 Å². The Morgan fingerprint density at radius 1 is 1.24 bits per heavy atom. The number of hydrogen-bond donors (Lipinski definition) is 0. The Labute approximate surface area is 138 Å². The standard InChI is InChI=1S/C17H17BrClNO/c1-10-6-12-15(8-17(2,3)9-16(12)21)20(10)14-7-11(19)4-5-13(14)18/h4-7H,8-9H2,1-3H3. The van der Waals surface area contributed by atoms with Crippen LogP contribution in [-0.4, -0.2) is 10.4 Å². The zero-order valence-corrected chi connectivity index (χ0v) is 14.7. The second-order valence-electron chi connectivity index (χ2n) is 6.52. The van der Waals surface area contributed by atoms with Crippen LogP contribution in [0.1, 0.15) is 42.0 Å². The van der Waals surface area contributed by atoms with Crippen LogP contribution >= 0.6 is 27.5 Å². The lowest BCUT2D eigenvalue weighted by molar-refractivity contribution is 0.0911. The zero-order chi connectivity index (χ0) is 15.4. The highest BCUT2D eigenvalue weighted by atomic mass is 79.9. The summed E-state index contributed by atoms with van der Waals surface area (Å²) in [6, 6.07) is 7.74. The number of benzene rings is 1. The minimum atomic E-state index is -0.00230. The summed E-state index contributed by atoms with van der Waals surface area (Å²) in [5.41, 5.74) is 4.01. The summed E-state index contributed by atoms with van der Waals surface area (Å²) < 4.78 is 3.13. The van der Waals surface area contributed by atoms with Gasteiger partial charge in [-0.1, -0.05) is 25.4 Å². The van der Waals surface area contributed by atoms with Crippen LogP contribution in [0.15, 0.2) is 28.7 Å². The van der Waals surface area contributed by atoms with Gasteiger partial charge >= 0.3 is 0 Å². The summed E-state index contributed by atoms with van der Waals surface area (Å²) in [6.07, 6.45) is 1.50. The van der Waals surface area contributed by atoms with Crippen molar-refractivity contribution in [3.8, 4) is 5.69 Å². The Balaban J connectivity index is 2.26. The molecule has 0 N–H and O–H groups in total. The molecule has 1 aromatic heterocycles. The van der Waals surface area contributed by atoms with Crippen LogP contribution in [0.2, 0.25) is 5.02 Å². The van der Waals surface area contributed by atoms with E-state index in [0.29, 0.717) is 11.4 Å². The fraction of sp³-hybridized carbons (Fsp3) is 0.353. The number of aryl methyl sites for hydroxylation is 1. The summed E-state index contributed by atoms with van der Waals surface area (Å²) in [6.45, 7) is 6.33. The van der Waals surface area contributed by atoms with E-state index in [2.05, 4.69) is 34.3 Å². The van der Waals surface area contributed by atoms with Crippen molar-refractivity contribution in [2.45, 2.75) is 33.6 Å². The maximum Gasteiger partial charge on any atom is 0.165 e. The molecule has 2 aromatic rings. The highest BCUT2D eigenvalue weighted by Crippen LogP contribution is 2.38. The van der Waals surface area contributed by atoms with Gasteiger partial charge in [0.15, 0.2) is 5.78 Å². The van der Waals surface area contributed by atoms with Gasteiger partial charge in [0.2, 0.25) is 0 Å². The van der Waals surface area contributed by atoms with Crippen molar-refractivity contribution in [1.82, 2.24) is 4.57 Å². The zero-order valence-electron chi connectivity index (χ0n) is 12.3. The maximum atomic E-state index is 12.4. The Bertz CT molecular complexity index is 745. The van der Waals surface area contributed by atoms with Crippen LogP contribution in [0.3, 0.4) is 0 Å². The molecule has 110 valence electrons. The molecule has 0 fully saturated rings. The number of carbonyl (C=O) groups excluding carboxylic acids is 1. The van der Waals surface area contributed by atoms with E-state index in [1.165, 1.54) is 0 Å². The van der Waals surface area contributed by atoms with Gasteiger partial charge in [-0.05, 0) is 59.0 Å². The van der Waals surface area contributed by atoms with Crippen LogP contribution < -0.4 is 0 Å². The number of nitrogens with zero attached hydrogens (tertiary/aromatic N) is 1. The molecular weight excluding hydrogens is 350 g/mol. The predicted octanol–water partition coefficient (Wildman–Crippen LogP) is 5.36. The van der Waals surface area contributed by atoms with Crippen molar-refractivity contribution in [2.75, 3.05) is 0 Å². The third-order valence-electron chi connectivity index (χ3n) is 4.02. The van der Waals surface area contributed by atoms with Crippen molar-refractivity contribution >= 4 is 33.3 Å². The van der Waals surface area contributed by atoms with Crippen LogP contribution in [0.5, 0.6) is 0 Å². The Kier molecular flexibility index (Phi) is 3.53. The molecule has 21 heavy (non-hydrogen) atoms. The molecule has 3 rings (SSSR count). The van der Waals surface area contributed by atoms with E-state index in [4.69, 9.17) is 11.6 Å². The summed E-state index contributed by atoms with van der Waals surface area (Å²) in [4.78, 5) is 12.4. The third kappa shape index (κ3) is 2.58. The van der Waals surface area contributed by atoms with E-state index in [1.807, 2.05) is 31.2 Å². The second-order valence-corrected chi connectivity index (χ2v) is 7.81. The van der Waals surface area contributed by atoms with Gasteiger partial charge in [0.05, 0.1) is 5.69 Å². The molecule has 0 spiro atoms. The van der Waals surface area contributed by atoms with Crippen molar-refractivity contribution in [2.24, 2.45) is 5.41 Å². The van der Waals surface area contributed by atoms with Gasteiger partial charge in [-0.2, -0.15) is 0 Å². The molecule has 0 bridgehead atoms. The number of rotatable bonds is 1.